The molecule has 0 bridgehead atoms. The van der Waals surface area contributed by atoms with Gasteiger partial charge in [-0.15, -0.1) is 11.3 Å². The highest BCUT2D eigenvalue weighted by Crippen LogP contribution is 2.38. The molecule has 0 spiro atoms. The lowest BCUT2D eigenvalue weighted by Gasteiger charge is -2.38. The standard InChI is InChI=1S/C17H21NS/c1-12-5-7-14(8-6-12)15-10-16(11-15)18-13(2)17-4-3-9-19-17/h3-9,13,15-16,18H,10-11H2,1-2H3/t13-,15?,16?/m1/s1. The maximum Gasteiger partial charge on any atom is 0.0388 e. The van der Waals surface area contributed by atoms with Crippen LogP contribution in [0.15, 0.2) is 41.8 Å². The molecule has 1 saturated carbocycles. The van der Waals surface area contributed by atoms with Gasteiger partial charge in [-0.3, -0.25) is 0 Å². The van der Waals surface area contributed by atoms with Crippen LogP contribution in [0.5, 0.6) is 0 Å². The van der Waals surface area contributed by atoms with Crippen molar-refractivity contribution in [2.75, 3.05) is 0 Å². The Morgan fingerprint density at radius 3 is 2.53 bits per heavy atom. The molecule has 0 saturated heterocycles. The minimum Gasteiger partial charge on any atom is -0.307 e. The van der Waals surface area contributed by atoms with Gasteiger partial charge in [-0.05, 0) is 49.6 Å². The number of hydrogen-bond donors (Lipinski definition) is 1. The minimum atomic E-state index is 0.490. The van der Waals surface area contributed by atoms with Gasteiger partial charge in [-0.1, -0.05) is 35.9 Å². The van der Waals surface area contributed by atoms with Crippen molar-refractivity contribution >= 4 is 11.3 Å². The summed E-state index contributed by atoms with van der Waals surface area (Å²) in [7, 11) is 0. The second-order valence-corrected chi connectivity index (χ2v) is 6.66. The molecule has 0 unspecified atom stereocenters. The summed E-state index contributed by atoms with van der Waals surface area (Å²) in [5.41, 5.74) is 2.86. The van der Waals surface area contributed by atoms with E-state index in [2.05, 4.69) is 60.9 Å². The van der Waals surface area contributed by atoms with Gasteiger partial charge in [-0.2, -0.15) is 0 Å². The summed E-state index contributed by atoms with van der Waals surface area (Å²) in [5.74, 6) is 0.758. The Morgan fingerprint density at radius 1 is 1.16 bits per heavy atom. The van der Waals surface area contributed by atoms with E-state index in [1.807, 2.05) is 11.3 Å². The van der Waals surface area contributed by atoms with E-state index in [-0.39, 0.29) is 0 Å². The van der Waals surface area contributed by atoms with E-state index in [0.29, 0.717) is 12.1 Å². The van der Waals surface area contributed by atoms with Gasteiger partial charge in [0.05, 0.1) is 0 Å². The van der Waals surface area contributed by atoms with Crippen LogP contribution in [0.4, 0.5) is 0 Å². The third kappa shape index (κ3) is 2.90. The third-order valence-corrected chi connectivity index (χ3v) is 5.20. The zero-order valence-electron chi connectivity index (χ0n) is 11.6. The summed E-state index contributed by atoms with van der Waals surface area (Å²) in [6.07, 6.45) is 2.55. The van der Waals surface area contributed by atoms with E-state index in [1.54, 1.807) is 0 Å². The predicted molar refractivity (Wildman–Crippen MR) is 82.8 cm³/mol. The highest BCUT2D eigenvalue weighted by molar-refractivity contribution is 7.10. The van der Waals surface area contributed by atoms with Gasteiger partial charge < -0.3 is 5.32 Å². The predicted octanol–water partition coefficient (Wildman–Crippen LogP) is 4.65. The lowest BCUT2D eigenvalue weighted by molar-refractivity contribution is 0.272. The zero-order chi connectivity index (χ0) is 13.2. The Balaban J connectivity index is 1.51. The summed E-state index contributed by atoms with van der Waals surface area (Å²) in [4.78, 5) is 1.44. The molecule has 1 aliphatic rings. The average Bonchev–Trinajstić information content (AvgIpc) is 2.88. The molecule has 1 fully saturated rings. The van der Waals surface area contributed by atoms with Crippen molar-refractivity contribution in [2.24, 2.45) is 0 Å². The monoisotopic (exact) mass is 271 g/mol. The van der Waals surface area contributed by atoms with Crippen LogP contribution in [0.1, 0.15) is 47.7 Å². The molecule has 0 aliphatic heterocycles. The van der Waals surface area contributed by atoms with Crippen LogP contribution >= 0.6 is 11.3 Å². The Bertz CT molecular complexity index is 509. The van der Waals surface area contributed by atoms with Crippen LogP contribution in [-0.4, -0.2) is 6.04 Å². The number of thiophene rings is 1. The second kappa shape index (κ2) is 5.48. The van der Waals surface area contributed by atoms with E-state index in [0.717, 1.165) is 5.92 Å². The molecule has 1 aliphatic carbocycles. The van der Waals surface area contributed by atoms with E-state index in [4.69, 9.17) is 0 Å². The van der Waals surface area contributed by atoms with E-state index in [9.17, 15) is 0 Å². The van der Waals surface area contributed by atoms with Crippen molar-refractivity contribution in [1.29, 1.82) is 0 Å². The molecular formula is C17H21NS. The first-order valence-corrected chi connectivity index (χ1v) is 7.96. The second-order valence-electron chi connectivity index (χ2n) is 5.68. The van der Waals surface area contributed by atoms with Crippen molar-refractivity contribution in [3.05, 3.63) is 57.8 Å². The molecule has 1 nitrogen and oxygen atoms in total. The van der Waals surface area contributed by atoms with Gasteiger partial charge in [0.1, 0.15) is 0 Å². The van der Waals surface area contributed by atoms with Gasteiger partial charge in [0.2, 0.25) is 0 Å². The van der Waals surface area contributed by atoms with Gasteiger partial charge in [0, 0.05) is 17.0 Å². The molecule has 1 atom stereocenters. The molecule has 0 radical (unpaired) electrons. The first-order chi connectivity index (χ1) is 9.22. The molecule has 2 heteroatoms. The third-order valence-electron chi connectivity index (χ3n) is 4.14. The molecule has 0 amide bonds. The van der Waals surface area contributed by atoms with Crippen LogP contribution in [-0.2, 0) is 0 Å². The number of aryl methyl sites for hydroxylation is 1. The Hall–Kier alpha value is -1.12. The fraction of sp³-hybridized carbons (Fsp3) is 0.412. The Morgan fingerprint density at radius 2 is 1.89 bits per heavy atom. The smallest absolute Gasteiger partial charge is 0.0388 e. The molecule has 19 heavy (non-hydrogen) atoms. The zero-order valence-corrected chi connectivity index (χ0v) is 12.4. The van der Waals surface area contributed by atoms with Gasteiger partial charge in [0.25, 0.3) is 0 Å². The fourth-order valence-corrected chi connectivity index (χ4v) is 3.58. The van der Waals surface area contributed by atoms with Crippen molar-refractivity contribution < 1.29 is 0 Å². The van der Waals surface area contributed by atoms with Crippen LogP contribution in [0.25, 0.3) is 0 Å². The molecule has 2 aromatic rings. The summed E-state index contributed by atoms with van der Waals surface area (Å²) in [6, 6.07) is 14.6. The fourth-order valence-electron chi connectivity index (χ4n) is 2.84. The van der Waals surface area contributed by atoms with Crippen molar-refractivity contribution in [2.45, 2.75) is 44.7 Å². The molecule has 3 rings (SSSR count). The quantitative estimate of drug-likeness (QED) is 0.853. The highest BCUT2D eigenvalue weighted by Gasteiger charge is 2.31. The lowest BCUT2D eigenvalue weighted by Crippen LogP contribution is -2.41. The molecule has 1 N–H and O–H groups in total. The average molecular weight is 271 g/mol. The molecule has 1 aromatic carbocycles. The minimum absolute atomic E-state index is 0.490. The van der Waals surface area contributed by atoms with E-state index >= 15 is 0 Å². The SMILES string of the molecule is Cc1ccc(C2CC(N[C@H](C)c3cccs3)C2)cc1. The normalized spacial score (nSPS) is 23.9. The lowest BCUT2D eigenvalue weighted by atomic mass is 9.75. The van der Waals surface area contributed by atoms with E-state index < -0.39 is 0 Å². The summed E-state index contributed by atoms with van der Waals surface area (Å²) in [6.45, 7) is 4.42. The van der Waals surface area contributed by atoms with Crippen molar-refractivity contribution in [1.82, 2.24) is 5.32 Å². The van der Waals surface area contributed by atoms with Crippen molar-refractivity contribution in [3.8, 4) is 0 Å². The maximum absolute atomic E-state index is 3.74. The largest absolute Gasteiger partial charge is 0.307 e. The topological polar surface area (TPSA) is 12.0 Å². The molecule has 1 heterocycles. The number of rotatable bonds is 4. The van der Waals surface area contributed by atoms with Gasteiger partial charge in [0.15, 0.2) is 0 Å². The first kappa shape index (κ1) is 12.9. The number of hydrogen-bond acceptors (Lipinski definition) is 2. The van der Waals surface area contributed by atoms with Crippen molar-refractivity contribution in [3.63, 3.8) is 0 Å². The Kier molecular flexibility index (Phi) is 3.72. The van der Waals surface area contributed by atoms with Crippen LogP contribution < -0.4 is 5.32 Å². The highest BCUT2D eigenvalue weighted by atomic mass is 32.1. The summed E-state index contributed by atoms with van der Waals surface area (Å²) in [5, 5.41) is 5.90. The summed E-state index contributed by atoms with van der Waals surface area (Å²) < 4.78 is 0. The number of benzene rings is 1. The van der Waals surface area contributed by atoms with Gasteiger partial charge >= 0.3 is 0 Å². The van der Waals surface area contributed by atoms with E-state index in [1.165, 1.54) is 28.8 Å². The molecule has 100 valence electrons. The van der Waals surface area contributed by atoms with Crippen LogP contribution in [0.2, 0.25) is 0 Å². The Labute approximate surface area is 119 Å². The van der Waals surface area contributed by atoms with Crippen LogP contribution in [0, 0.1) is 6.92 Å². The van der Waals surface area contributed by atoms with Crippen LogP contribution in [0.3, 0.4) is 0 Å². The number of nitrogens with one attached hydrogen (secondary N) is 1. The molecule has 1 aromatic heterocycles. The summed E-state index contributed by atoms with van der Waals surface area (Å²) >= 11 is 1.84. The maximum atomic E-state index is 3.74. The molecular weight excluding hydrogens is 250 g/mol. The first-order valence-electron chi connectivity index (χ1n) is 7.08. The van der Waals surface area contributed by atoms with Gasteiger partial charge in [-0.25, -0.2) is 0 Å².